The van der Waals surface area contributed by atoms with Crippen LogP contribution >= 0.6 is 0 Å². The maximum Gasteiger partial charge on any atom is 0.240 e. The van der Waals surface area contributed by atoms with Gasteiger partial charge in [-0.1, -0.05) is 6.07 Å². The van der Waals surface area contributed by atoms with Crippen molar-refractivity contribution in [1.29, 1.82) is 0 Å². The zero-order valence-corrected chi connectivity index (χ0v) is 13.0. The first-order valence-corrected chi connectivity index (χ1v) is 8.37. The third-order valence-electron chi connectivity index (χ3n) is 3.64. The molecule has 1 aliphatic rings. The van der Waals surface area contributed by atoms with Crippen molar-refractivity contribution in [3.8, 4) is 0 Å². The van der Waals surface area contributed by atoms with Crippen LogP contribution < -0.4 is 10.0 Å². The first-order valence-electron chi connectivity index (χ1n) is 6.88. The zero-order chi connectivity index (χ0) is 14.8. The Balaban J connectivity index is 2.07. The Labute approximate surface area is 120 Å². The molecule has 1 fully saturated rings. The van der Waals surface area contributed by atoms with E-state index in [-0.39, 0.29) is 4.90 Å². The number of nitrogens with one attached hydrogen (secondary N) is 2. The molecule has 1 aliphatic carbocycles. The van der Waals surface area contributed by atoms with Gasteiger partial charge in [-0.15, -0.1) is 0 Å². The van der Waals surface area contributed by atoms with Crippen molar-refractivity contribution in [2.75, 3.05) is 19.0 Å². The summed E-state index contributed by atoms with van der Waals surface area (Å²) in [6.45, 7) is 4.71. The summed E-state index contributed by atoms with van der Waals surface area (Å²) in [5, 5.41) is 3.40. The molecule has 0 heterocycles. The standard InChI is InChI=1S/C14H22N2O3S/c1-4-19-12-7-11(8-12)16-14-9-13(6-5-10(14)2)20(17,18)15-3/h5-6,9,11-12,15-16H,4,7-8H2,1-3H3. The third-order valence-corrected chi connectivity index (χ3v) is 5.06. The number of sulfonamides is 1. The summed E-state index contributed by atoms with van der Waals surface area (Å²) in [5.41, 5.74) is 1.92. The lowest BCUT2D eigenvalue weighted by atomic mass is 9.89. The van der Waals surface area contributed by atoms with Crippen LogP contribution in [0.5, 0.6) is 0 Å². The Kier molecular flexibility index (Phi) is 4.67. The zero-order valence-electron chi connectivity index (χ0n) is 12.1. The van der Waals surface area contributed by atoms with Gasteiger partial charge in [0.05, 0.1) is 11.0 Å². The second-order valence-electron chi connectivity index (χ2n) is 5.07. The molecule has 112 valence electrons. The van der Waals surface area contributed by atoms with Crippen LogP contribution in [0.1, 0.15) is 25.3 Å². The molecule has 5 nitrogen and oxygen atoms in total. The normalized spacial score (nSPS) is 22.4. The number of hydrogen-bond donors (Lipinski definition) is 2. The molecule has 0 atom stereocenters. The average molecular weight is 298 g/mol. The van der Waals surface area contributed by atoms with Crippen molar-refractivity contribution in [3.05, 3.63) is 23.8 Å². The van der Waals surface area contributed by atoms with Crippen LogP contribution in [-0.4, -0.2) is 34.2 Å². The highest BCUT2D eigenvalue weighted by Crippen LogP contribution is 2.29. The Hall–Kier alpha value is -1.11. The summed E-state index contributed by atoms with van der Waals surface area (Å²) in [6, 6.07) is 5.49. The summed E-state index contributed by atoms with van der Waals surface area (Å²) < 4.78 is 31.5. The summed E-state index contributed by atoms with van der Waals surface area (Å²) in [6.07, 6.45) is 2.27. The number of ether oxygens (including phenoxy) is 1. The Morgan fingerprint density at radius 1 is 1.35 bits per heavy atom. The summed E-state index contributed by atoms with van der Waals surface area (Å²) in [7, 11) is -1.98. The molecule has 1 aromatic carbocycles. The van der Waals surface area contributed by atoms with E-state index < -0.39 is 10.0 Å². The molecule has 2 N–H and O–H groups in total. The first kappa shape index (κ1) is 15.3. The molecule has 0 unspecified atom stereocenters. The van der Waals surface area contributed by atoms with E-state index in [1.807, 2.05) is 19.9 Å². The molecular weight excluding hydrogens is 276 g/mol. The SMILES string of the molecule is CCOC1CC(Nc2cc(S(=O)(=O)NC)ccc2C)C1. The fourth-order valence-corrected chi connectivity index (χ4v) is 3.07. The number of rotatable bonds is 6. The number of anilines is 1. The van der Waals surface area contributed by atoms with Gasteiger partial charge in [-0.2, -0.15) is 0 Å². The van der Waals surface area contributed by atoms with Gasteiger partial charge in [0.15, 0.2) is 0 Å². The Morgan fingerprint density at radius 3 is 2.65 bits per heavy atom. The average Bonchev–Trinajstić information content (AvgIpc) is 2.38. The highest BCUT2D eigenvalue weighted by molar-refractivity contribution is 7.89. The van der Waals surface area contributed by atoms with Crippen LogP contribution in [0.25, 0.3) is 0 Å². The minimum Gasteiger partial charge on any atom is -0.382 e. The molecule has 0 amide bonds. The van der Waals surface area contributed by atoms with E-state index in [9.17, 15) is 8.42 Å². The van der Waals surface area contributed by atoms with Gasteiger partial charge in [0.1, 0.15) is 0 Å². The molecule has 0 radical (unpaired) electrons. The van der Waals surface area contributed by atoms with E-state index in [4.69, 9.17) is 4.74 Å². The van der Waals surface area contributed by atoms with Crippen molar-refractivity contribution in [2.24, 2.45) is 0 Å². The van der Waals surface area contributed by atoms with Gasteiger partial charge in [-0.3, -0.25) is 0 Å². The second kappa shape index (κ2) is 6.11. The summed E-state index contributed by atoms with van der Waals surface area (Å²) in [5.74, 6) is 0. The second-order valence-corrected chi connectivity index (χ2v) is 6.96. The monoisotopic (exact) mass is 298 g/mol. The van der Waals surface area contributed by atoms with E-state index >= 15 is 0 Å². The molecule has 0 spiro atoms. The molecule has 6 heteroatoms. The van der Waals surface area contributed by atoms with Gasteiger partial charge in [0, 0.05) is 18.3 Å². The molecule has 20 heavy (non-hydrogen) atoms. The van der Waals surface area contributed by atoms with Crippen LogP contribution in [0, 0.1) is 6.92 Å². The van der Waals surface area contributed by atoms with Crippen molar-refractivity contribution in [3.63, 3.8) is 0 Å². The van der Waals surface area contributed by atoms with Crippen LogP contribution in [-0.2, 0) is 14.8 Å². The predicted molar refractivity (Wildman–Crippen MR) is 79.5 cm³/mol. The summed E-state index contributed by atoms with van der Waals surface area (Å²) in [4.78, 5) is 0.286. The van der Waals surface area contributed by atoms with Crippen LogP contribution in [0.15, 0.2) is 23.1 Å². The van der Waals surface area contributed by atoms with Gasteiger partial charge < -0.3 is 10.1 Å². The molecule has 0 aromatic heterocycles. The fourth-order valence-electron chi connectivity index (χ4n) is 2.32. The van der Waals surface area contributed by atoms with E-state index in [0.29, 0.717) is 12.1 Å². The van der Waals surface area contributed by atoms with Gasteiger partial charge in [-0.25, -0.2) is 13.1 Å². The summed E-state index contributed by atoms with van der Waals surface area (Å²) >= 11 is 0. The maximum atomic E-state index is 11.8. The number of aryl methyl sites for hydroxylation is 1. The fraction of sp³-hybridized carbons (Fsp3) is 0.571. The third kappa shape index (κ3) is 3.31. The van der Waals surface area contributed by atoms with Gasteiger partial charge in [-0.05, 0) is 51.4 Å². The lowest BCUT2D eigenvalue weighted by molar-refractivity contribution is 0.00298. The molecule has 1 aromatic rings. The molecule has 1 saturated carbocycles. The van der Waals surface area contributed by atoms with E-state index in [2.05, 4.69) is 10.0 Å². The molecule has 0 saturated heterocycles. The van der Waals surface area contributed by atoms with Crippen LogP contribution in [0.3, 0.4) is 0 Å². The quantitative estimate of drug-likeness (QED) is 0.841. The van der Waals surface area contributed by atoms with Gasteiger partial charge >= 0.3 is 0 Å². The minimum atomic E-state index is -3.40. The minimum absolute atomic E-state index is 0.286. The predicted octanol–water partition coefficient (Wildman–Crippen LogP) is 1.88. The van der Waals surface area contributed by atoms with Crippen molar-refractivity contribution in [2.45, 2.75) is 43.7 Å². The largest absolute Gasteiger partial charge is 0.382 e. The first-order chi connectivity index (χ1) is 9.46. The Bertz CT molecular complexity index is 566. The van der Waals surface area contributed by atoms with Gasteiger partial charge in [0.25, 0.3) is 0 Å². The van der Waals surface area contributed by atoms with Crippen LogP contribution in [0.4, 0.5) is 5.69 Å². The topological polar surface area (TPSA) is 67.4 Å². The molecule has 2 rings (SSSR count). The molecule has 0 aliphatic heterocycles. The lowest BCUT2D eigenvalue weighted by Crippen LogP contribution is -2.41. The van der Waals surface area contributed by atoms with Crippen LogP contribution in [0.2, 0.25) is 0 Å². The van der Waals surface area contributed by atoms with E-state index in [1.54, 1.807) is 12.1 Å². The maximum absolute atomic E-state index is 11.8. The smallest absolute Gasteiger partial charge is 0.240 e. The highest BCUT2D eigenvalue weighted by Gasteiger charge is 2.29. The highest BCUT2D eigenvalue weighted by atomic mass is 32.2. The molecule has 0 bridgehead atoms. The number of benzene rings is 1. The van der Waals surface area contributed by atoms with Crippen molar-refractivity contribution in [1.82, 2.24) is 4.72 Å². The van der Waals surface area contributed by atoms with Crippen molar-refractivity contribution >= 4 is 15.7 Å². The van der Waals surface area contributed by atoms with E-state index in [1.165, 1.54) is 7.05 Å². The lowest BCUT2D eigenvalue weighted by Gasteiger charge is -2.36. The Morgan fingerprint density at radius 2 is 2.05 bits per heavy atom. The van der Waals surface area contributed by atoms with Gasteiger partial charge in [0.2, 0.25) is 10.0 Å². The number of hydrogen-bond acceptors (Lipinski definition) is 4. The van der Waals surface area contributed by atoms with E-state index in [0.717, 1.165) is 30.7 Å². The molecular formula is C14H22N2O3S. The van der Waals surface area contributed by atoms with Crippen molar-refractivity contribution < 1.29 is 13.2 Å².